The number of nitrogens with one attached hydrogen (secondary N) is 1. The molecular formula is C16H18N4. The average molecular weight is 266 g/mol. The molecule has 3 aromatic rings. The van der Waals surface area contributed by atoms with Crippen LogP contribution in [0.15, 0.2) is 30.3 Å². The number of H-pyrrole nitrogens is 1. The second-order valence-corrected chi connectivity index (χ2v) is 5.29. The van der Waals surface area contributed by atoms with Gasteiger partial charge in [0.1, 0.15) is 11.6 Å². The van der Waals surface area contributed by atoms with Crippen LogP contribution in [0.5, 0.6) is 0 Å². The summed E-state index contributed by atoms with van der Waals surface area (Å²) in [6.07, 6.45) is 0. The molecule has 2 aromatic heterocycles. The number of anilines is 1. The molecule has 0 unspecified atom stereocenters. The minimum absolute atomic E-state index is 0.758. The van der Waals surface area contributed by atoms with Gasteiger partial charge in [-0.15, -0.1) is 0 Å². The summed E-state index contributed by atoms with van der Waals surface area (Å²) < 4.78 is 0. The molecule has 0 fully saturated rings. The molecule has 0 saturated carbocycles. The third kappa shape index (κ3) is 2.03. The molecule has 0 aliphatic heterocycles. The maximum absolute atomic E-state index is 4.65. The number of aromatic nitrogens is 3. The fraction of sp³-hybridized carbons (Fsp3) is 0.250. The zero-order chi connectivity index (χ0) is 14.3. The summed E-state index contributed by atoms with van der Waals surface area (Å²) in [7, 11) is 3.96. The molecule has 0 radical (unpaired) electrons. The Labute approximate surface area is 118 Å². The number of aryl methyl sites for hydroxylation is 2. The molecule has 1 N–H and O–H groups in total. The Morgan fingerprint density at radius 2 is 1.65 bits per heavy atom. The third-order valence-corrected chi connectivity index (χ3v) is 3.51. The number of hydrogen-bond acceptors (Lipinski definition) is 3. The lowest BCUT2D eigenvalue weighted by Gasteiger charge is -2.09. The summed E-state index contributed by atoms with van der Waals surface area (Å²) in [5.41, 5.74) is 5.33. The van der Waals surface area contributed by atoms with Gasteiger partial charge in [-0.05, 0) is 37.1 Å². The second kappa shape index (κ2) is 4.63. The van der Waals surface area contributed by atoms with Crippen molar-refractivity contribution in [2.24, 2.45) is 0 Å². The van der Waals surface area contributed by atoms with E-state index in [1.165, 1.54) is 11.1 Å². The fourth-order valence-electron chi connectivity index (χ4n) is 2.44. The number of pyridine rings is 1. The lowest BCUT2D eigenvalue weighted by molar-refractivity contribution is 1.08. The van der Waals surface area contributed by atoms with E-state index in [0.29, 0.717) is 0 Å². The van der Waals surface area contributed by atoms with E-state index < -0.39 is 0 Å². The molecule has 0 spiro atoms. The van der Waals surface area contributed by atoms with Crippen LogP contribution in [0.25, 0.3) is 22.6 Å². The molecule has 0 aliphatic rings. The number of hydrogen-bond donors (Lipinski definition) is 1. The van der Waals surface area contributed by atoms with Gasteiger partial charge in [0, 0.05) is 19.7 Å². The van der Waals surface area contributed by atoms with Crippen LogP contribution in [0.2, 0.25) is 0 Å². The summed E-state index contributed by atoms with van der Waals surface area (Å²) >= 11 is 0. The van der Waals surface area contributed by atoms with E-state index >= 15 is 0 Å². The molecule has 102 valence electrons. The summed E-state index contributed by atoms with van der Waals surface area (Å²) in [4.78, 5) is 14.6. The molecule has 20 heavy (non-hydrogen) atoms. The molecule has 2 heterocycles. The van der Waals surface area contributed by atoms with Crippen LogP contribution in [-0.4, -0.2) is 29.0 Å². The van der Waals surface area contributed by atoms with Crippen molar-refractivity contribution in [1.82, 2.24) is 15.0 Å². The molecule has 0 aliphatic carbocycles. The highest BCUT2D eigenvalue weighted by Gasteiger charge is 2.11. The molecule has 0 bridgehead atoms. The van der Waals surface area contributed by atoms with Gasteiger partial charge in [-0.1, -0.05) is 18.2 Å². The number of aromatic amines is 1. The van der Waals surface area contributed by atoms with Crippen LogP contribution in [0.4, 0.5) is 5.82 Å². The average Bonchev–Trinajstić information content (AvgIpc) is 2.80. The Balaban J connectivity index is 2.18. The van der Waals surface area contributed by atoms with E-state index in [0.717, 1.165) is 28.4 Å². The van der Waals surface area contributed by atoms with Gasteiger partial charge in [-0.2, -0.15) is 0 Å². The van der Waals surface area contributed by atoms with Crippen LogP contribution >= 0.6 is 0 Å². The Morgan fingerprint density at radius 3 is 2.30 bits per heavy atom. The third-order valence-electron chi connectivity index (χ3n) is 3.51. The van der Waals surface area contributed by atoms with Crippen molar-refractivity contribution in [2.75, 3.05) is 19.0 Å². The minimum Gasteiger partial charge on any atom is -0.363 e. The first kappa shape index (κ1) is 12.7. The van der Waals surface area contributed by atoms with Crippen LogP contribution in [0.3, 0.4) is 0 Å². The molecule has 3 rings (SSSR count). The SMILES string of the molecule is Cc1cccc(C)c1-c1nc2nc(N(C)C)ccc2[nH]1. The van der Waals surface area contributed by atoms with Gasteiger partial charge in [0.2, 0.25) is 0 Å². The van der Waals surface area contributed by atoms with Crippen molar-refractivity contribution in [3.05, 3.63) is 41.5 Å². The molecule has 4 heteroatoms. The monoisotopic (exact) mass is 266 g/mol. The van der Waals surface area contributed by atoms with Crippen LogP contribution in [0, 0.1) is 13.8 Å². The quantitative estimate of drug-likeness (QED) is 0.774. The predicted octanol–water partition coefficient (Wildman–Crippen LogP) is 3.31. The van der Waals surface area contributed by atoms with Crippen molar-refractivity contribution in [3.8, 4) is 11.4 Å². The molecule has 0 saturated heterocycles. The van der Waals surface area contributed by atoms with Gasteiger partial charge >= 0.3 is 0 Å². The molecule has 0 atom stereocenters. The zero-order valence-electron chi connectivity index (χ0n) is 12.2. The Morgan fingerprint density at radius 1 is 0.950 bits per heavy atom. The van der Waals surface area contributed by atoms with E-state index in [4.69, 9.17) is 0 Å². The van der Waals surface area contributed by atoms with Gasteiger partial charge < -0.3 is 9.88 Å². The lowest BCUT2D eigenvalue weighted by atomic mass is 10.0. The van der Waals surface area contributed by atoms with Gasteiger partial charge in [0.25, 0.3) is 0 Å². The first-order chi connectivity index (χ1) is 9.56. The van der Waals surface area contributed by atoms with Crippen LogP contribution < -0.4 is 4.90 Å². The number of benzene rings is 1. The van der Waals surface area contributed by atoms with Gasteiger partial charge in [0.15, 0.2) is 5.65 Å². The van der Waals surface area contributed by atoms with Crippen molar-refractivity contribution in [3.63, 3.8) is 0 Å². The van der Waals surface area contributed by atoms with E-state index in [2.05, 4.69) is 47.0 Å². The minimum atomic E-state index is 0.758. The van der Waals surface area contributed by atoms with Gasteiger partial charge in [-0.25, -0.2) is 9.97 Å². The zero-order valence-corrected chi connectivity index (χ0v) is 12.2. The molecule has 4 nitrogen and oxygen atoms in total. The number of fused-ring (bicyclic) bond motifs is 1. The maximum Gasteiger partial charge on any atom is 0.180 e. The Kier molecular flexibility index (Phi) is 2.93. The topological polar surface area (TPSA) is 44.8 Å². The highest BCUT2D eigenvalue weighted by Crippen LogP contribution is 2.26. The highest BCUT2D eigenvalue weighted by atomic mass is 15.1. The number of rotatable bonds is 2. The molecule has 0 amide bonds. The maximum atomic E-state index is 4.65. The number of imidazole rings is 1. The van der Waals surface area contributed by atoms with Crippen molar-refractivity contribution >= 4 is 17.0 Å². The van der Waals surface area contributed by atoms with Crippen LogP contribution in [-0.2, 0) is 0 Å². The normalized spacial score (nSPS) is 11.0. The fourth-order valence-corrected chi connectivity index (χ4v) is 2.44. The largest absolute Gasteiger partial charge is 0.363 e. The Hall–Kier alpha value is -2.36. The highest BCUT2D eigenvalue weighted by molar-refractivity contribution is 5.79. The van der Waals surface area contributed by atoms with Gasteiger partial charge in [-0.3, -0.25) is 0 Å². The lowest BCUT2D eigenvalue weighted by Crippen LogP contribution is -2.10. The Bertz CT molecular complexity index is 751. The van der Waals surface area contributed by atoms with E-state index in [1.54, 1.807) is 0 Å². The molecular weight excluding hydrogens is 248 g/mol. The first-order valence-electron chi connectivity index (χ1n) is 6.67. The standard InChI is InChI=1S/C16H18N4/c1-10-6-5-7-11(2)14(10)16-17-12-8-9-13(20(3)4)18-15(12)19-16/h5-9H,1-4H3,(H,17,18,19). The van der Waals surface area contributed by atoms with Crippen molar-refractivity contribution in [1.29, 1.82) is 0 Å². The first-order valence-corrected chi connectivity index (χ1v) is 6.67. The van der Waals surface area contributed by atoms with Crippen LogP contribution in [0.1, 0.15) is 11.1 Å². The second-order valence-electron chi connectivity index (χ2n) is 5.29. The smallest absolute Gasteiger partial charge is 0.180 e. The predicted molar refractivity (Wildman–Crippen MR) is 83.1 cm³/mol. The van der Waals surface area contributed by atoms with Crippen molar-refractivity contribution in [2.45, 2.75) is 13.8 Å². The van der Waals surface area contributed by atoms with Crippen molar-refractivity contribution < 1.29 is 0 Å². The summed E-state index contributed by atoms with van der Waals surface area (Å²) in [6.45, 7) is 4.21. The molecule has 1 aromatic carbocycles. The summed E-state index contributed by atoms with van der Waals surface area (Å²) in [6, 6.07) is 10.3. The summed E-state index contributed by atoms with van der Waals surface area (Å²) in [5.74, 6) is 1.80. The van der Waals surface area contributed by atoms with E-state index in [1.807, 2.05) is 31.1 Å². The summed E-state index contributed by atoms with van der Waals surface area (Å²) in [5, 5.41) is 0. The van der Waals surface area contributed by atoms with Gasteiger partial charge in [0.05, 0.1) is 5.52 Å². The van der Waals surface area contributed by atoms with E-state index in [-0.39, 0.29) is 0 Å². The van der Waals surface area contributed by atoms with E-state index in [9.17, 15) is 0 Å². The number of nitrogens with zero attached hydrogens (tertiary/aromatic N) is 3.